The third-order valence-corrected chi connectivity index (χ3v) is 6.75. The van der Waals surface area contributed by atoms with Crippen molar-refractivity contribution in [1.82, 2.24) is 10.2 Å². The zero-order valence-corrected chi connectivity index (χ0v) is 19.0. The Bertz CT molecular complexity index is 1010. The predicted molar refractivity (Wildman–Crippen MR) is 124 cm³/mol. The van der Waals surface area contributed by atoms with Gasteiger partial charge in [0.2, 0.25) is 5.91 Å². The van der Waals surface area contributed by atoms with Crippen molar-refractivity contribution in [2.24, 2.45) is 11.8 Å². The number of nitrogens with zero attached hydrogens (tertiary/aromatic N) is 1. The minimum Gasteiger partial charge on any atom is -0.481 e. The Morgan fingerprint density at radius 1 is 1.06 bits per heavy atom. The van der Waals surface area contributed by atoms with E-state index in [-0.39, 0.29) is 30.9 Å². The van der Waals surface area contributed by atoms with Gasteiger partial charge in [0.05, 0.1) is 5.92 Å². The van der Waals surface area contributed by atoms with Crippen LogP contribution < -0.4 is 5.32 Å². The van der Waals surface area contributed by atoms with Gasteiger partial charge in [0.15, 0.2) is 0 Å². The van der Waals surface area contributed by atoms with Crippen molar-refractivity contribution in [3.05, 3.63) is 59.7 Å². The Morgan fingerprint density at radius 3 is 2.21 bits per heavy atom. The first-order chi connectivity index (χ1) is 15.9. The van der Waals surface area contributed by atoms with Crippen molar-refractivity contribution in [2.75, 3.05) is 19.7 Å². The molecular formula is C26H30N2O5. The minimum atomic E-state index is -0.894. The molecule has 2 aromatic rings. The number of carboxylic acids is 1. The van der Waals surface area contributed by atoms with Gasteiger partial charge in [-0.05, 0) is 34.6 Å². The predicted octanol–water partition coefficient (Wildman–Crippen LogP) is 3.87. The molecule has 2 amide bonds. The number of likely N-dealkylation sites (tertiary alicyclic amines) is 1. The van der Waals surface area contributed by atoms with E-state index in [1.54, 1.807) is 4.90 Å². The largest absolute Gasteiger partial charge is 0.481 e. The molecule has 2 N–H and O–H groups in total. The molecule has 1 aliphatic heterocycles. The van der Waals surface area contributed by atoms with Crippen molar-refractivity contribution in [2.45, 2.75) is 38.6 Å². The first-order valence-electron chi connectivity index (χ1n) is 11.5. The van der Waals surface area contributed by atoms with Crippen molar-refractivity contribution >= 4 is 18.0 Å². The number of carboxylic acid groups (broad SMARTS) is 1. The van der Waals surface area contributed by atoms with E-state index in [9.17, 15) is 19.5 Å². The first kappa shape index (κ1) is 22.8. The smallest absolute Gasteiger partial charge is 0.407 e. The molecule has 0 bridgehead atoms. The summed E-state index contributed by atoms with van der Waals surface area (Å²) in [6, 6.07) is 15.5. The van der Waals surface area contributed by atoms with Crippen LogP contribution in [-0.4, -0.2) is 53.7 Å². The van der Waals surface area contributed by atoms with Crippen LogP contribution in [0.3, 0.4) is 0 Å². The van der Waals surface area contributed by atoms with Crippen LogP contribution in [0.4, 0.5) is 4.79 Å². The molecule has 1 fully saturated rings. The lowest BCUT2D eigenvalue weighted by Gasteiger charge is -2.24. The van der Waals surface area contributed by atoms with Gasteiger partial charge in [0.1, 0.15) is 12.6 Å². The minimum absolute atomic E-state index is 0.0563. The van der Waals surface area contributed by atoms with Crippen LogP contribution in [0.15, 0.2) is 48.5 Å². The van der Waals surface area contributed by atoms with Crippen molar-refractivity contribution < 1.29 is 24.2 Å². The number of hydrogen-bond acceptors (Lipinski definition) is 4. The SMILES string of the molecule is CCCC(NC(=O)OCC1c2ccccc2-c2ccccc21)C(=O)N1CC(C)C(C(=O)O)C1. The summed E-state index contributed by atoms with van der Waals surface area (Å²) in [5.74, 6) is -1.90. The summed E-state index contributed by atoms with van der Waals surface area (Å²) in [6.07, 6.45) is 0.531. The number of carbonyl (C=O) groups is 3. The molecule has 4 rings (SSSR count). The van der Waals surface area contributed by atoms with Gasteiger partial charge in [-0.3, -0.25) is 9.59 Å². The average Bonchev–Trinajstić information content (AvgIpc) is 3.35. The molecule has 3 unspecified atom stereocenters. The number of benzene rings is 2. The van der Waals surface area contributed by atoms with E-state index in [0.29, 0.717) is 19.4 Å². The number of alkyl carbamates (subject to hydrolysis) is 1. The molecule has 1 heterocycles. The van der Waals surface area contributed by atoms with Gasteiger partial charge in [0, 0.05) is 19.0 Å². The van der Waals surface area contributed by atoms with E-state index in [0.717, 1.165) is 22.3 Å². The van der Waals surface area contributed by atoms with E-state index < -0.39 is 24.0 Å². The quantitative estimate of drug-likeness (QED) is 0.668. The van der Waals surface area contributed by atoms with E-state index in [1.165, 1.54) is 0 Å². The second kappa shape index (κ2) is 9.65. The van der Waals surface area contributed by atoms with Gasteiger partial charge in [-0.1, -0.05) is 68.8 Å². The molecular weight excluding hydrogens is 420 g/mol. The maximum Gasteiger partial charge on any atom is 0.407 e. The highest BCUT2D eigenvalue weighted by molar-refractivity contribution is 5.87. The molecule has 33 heavy (non-hydrogen) atoms. The molecule has 0 spiro atoms. The summed E-state index contributed by atoms with van der Waals surface area (Å²) in [5, 5.41) is 12.1. The Kier molecular flexibility index (Phi) is 6.67. The number of rotatable bonds is 7. The van der Waals surface area contributed by atoms with Crippen molar-refractivity contribution in [3.8, 4) is 11.1 Å². The van der Waals surface area contributed by atoms with Crippen LogP contribution in [0.1, 0.15) is 43.7 Å². The summed E-state index contributed by atoms with van der Waals surface area (Å²) in [6.45, 7) is 4.49. The highest BCUT2D eigenvalue weighted by Gasteiger charge is 2.39. The fourth-order valence-electron chi connectivity index (χ4n) is 5.02. The fraction of sp³-hybridized carbons (Fsp3) is 0.423. The van der Waals surface area contributed by atoms with E-state index in [1.807, 2.05) is 38.1 Å². The molecule has 174 valence electrons. The topological polar surface area (TPSA) is 95.9 Å². The van der Waals surface area contributed by atoms with E-state index in [4.69, 9.17) is 4.74 Å². The number of hydrogen-bond donors (Lipinski definition) is 2. The summed E-state index contributed by atoms with van der Waals surface area (Å²) in [7, 11) is 0. The van der Waals surface area contributed by atoms with Crippen LogP contribution in [0, 0.1) is 11.8 Å². The summed E-state index contributed by atoms with van der Waals surface area (Å²) < 4.78 is 5.59. The molecule has 2 aliphatic rings. The maximum atomic E-state index is 13.0. The molecule has 1 aliphatic carbocycles. The Labute approximate surface area is 193 Å². The molecule has 0 saturated carbocycles. The fourth-order valence-corrected chi connectivity index (χ4v) is 5.02. The number of fused-ring (bicyclic) bond motifs is 3. The van der Waals surface area contributed by atoms with Crippen molar-refractivity contribution in [1.29, 1.82) is 0 Å². The first-order valence-corrected chi connectivity index (χ1v) is 11.5. The Hall–Kier alpha value is -3.35. The highest BCUT2D eigenvalue weighted by Crippen LogP contribution is 2.44. The molecule has 1 saturated heterocycles. The van der Waals surface area contributed by atoms with Crippen LogP contribution in [0.2, 0.25) is 0 Å². The second-order valence-corrected chi connectivity index (χ2v) is 8.98. The number of nitrogens with one attached hydrogen (secondary N) is 1. The lowest BCUT2D eigenvalue weighted by Crippen LogP contribution is -2.48. The monoisotopic (exact) mass is 450 g/mol. The van der Waals surface area contributed by atoms with Crippen LogP contribution >= 0.6 is 0 Å². The van der Waals surface area contributed by atoms with E-state index in [2.05, 4.69) is 29.6 Å². The average molecular weight is 451 g/mol. The van der Waals surface area contributed by atoms with Crippen molar-refractivity contribution in [3.63, 3.8) is 0 Å². The van der Waals surface area contributed by atoms with Crippen LogP contribution in [0.25, 0.3) is 11.1 Å². The van der Waals surface area contributed by atoms with Gasteiger partial charge in [-0.25, -0.2) is 4.79 Å². The van der Waals surface area contributed by atoms with Crippen LogP contribution in [0.5, 0.6) is 0 Å². The maximum absolute atomic E-state index is 13.0. The third kappa shape index (κ3) is 4.58. The zero-order valence-electron chi connectivity index (χ0n) is 19.0. The summed E-state index contributed by atoms with van der Waals surface area (Å²) in [4.78, 5) is 38.7. The molecule has 7 heteroatoms. The van der Waals surface area contributed by atoms with Gasteiger partial charge >= 0.3 is 12.1 Å². The number of ether oxygens (including phenoxy) is 1. The molecule has 7 nitrogen and oxygen atoms in total. The molecule has 3 atom stereocenters. The number of aliphatic carboxylic acids is 1. The number of carbonyl (C=O) groups excluding carboxylic acids is 2. The third-order valence-electron chi connectivity index (χ3n) is 6.75. The standard InChI is InChI=1S/C26H30N2O5/c1-3-8-23(24(29)28-13-16(2)21(14-28)25(30)31)27-26(32)33-15-22-19-11-6-4-9-17(19)18-10-5-7-12-20(18)22/h4-7,9-12,16,21-23H,3,8,13-15H2,1-2H3,(H,27,32)(H,30,31). The zero-order chi connectivity index (χ0) is 23.5. The number of amides is 2. The van der Waals surface area contributed by atoms with E-state index >= 15 is 0 Å². The Morgan fingerprint density at radius 2 is 1.67 bits per heavy atom. The van der Waals surface area contributed by atoms with Gasteiger partial charge in [0.25, 0.3) is 0 Å². The Balaban J connectivity index is 1.40. The second-order valence-electron chi connectivity index (χ2n) is 8.98. The summed E-state index contributed by atoms with van der Waals surface area (Å²) in [5.41, 5.74) is 4.55. The highest BCUT2D eigenvalue weighted by atomic mass is 16.5. The lowest BCUT2D eigenvalue weighted by atomic mass is 9.98. The molecule has 0 radical (unpaired) electrons. The normalized spacial score (nSPS) is 20.1. The van der Waals surface area contributed by atoms with Gasteiger partial charge < -0.3 is 20.1 Å². The van der Waals surface area contributed by atoms with Crippen LogP contribution in [-0.2, 0) is 14.3 Å². The lowest BCUT2D eigenvalue weighted by molar-refractivity contribution is -0.142. The molecule has 2 aromatic carbocycles. The van der Waals surface area contributed by atoms with Gasteiger partial charge in [-0.15, -0.1) is 0 Å². The molecule has 0 aromatic heterocycles. The summed E-state index contributed by atoms with van der Waals surface area (Å²) >= 11 is 0. The van der Waals surface area contributed by atoms with Gasteiger partial charge in [-0.2, -0.15) is 0 Å².